The van der Waals surface area contributed by atoms with Crippen LogP contribution in [0, 0.1) is 11.8 Å². The van der Waals surface area contributed by atoms with Gasteiger partial charge in [-0.3, -0.25) is 9.59 Å². The van der Waals surface area contributed by atoms with Crippen LogP contribution in [-0.2, 0) is 29.9 Å². The Morgan fingerprint density at radius 2 is 1.30 bits per heavy atom. The van der Waals surface area contributed by atoms with E-state index in [2.05, 4.69) is 39.9 Å². The molecule has 3 saturated carbocycles. The molecule has 1 aromatic carbocycles. The van der Waals surface area contributed by atoms with Gasteiger partial charge in [0, 0.05) is 18.5 Å². The molecular formula is C42H57N7O7. The third kappa shape index (κ3) is 7.38. The second-order valence-electron chi connectivity index (χ2n) is 17.0. The number of alkyl carbamates (subject to hydrolysis) is 2. The van der Waals surface area contributed by atoms with E-state index in [0.717, 1.165) is 87.0 Å². The molecule has 0 unspecified atom stereocenters. The number of nitrogens with zero attached hydrogens (tertiary/aromatic N) is 4. The van der Waals surface area contributed by atoms with Gasteiger partial charge in [0.05, 0.1) is 37.8 Å². The maximum Gasteiger partial charge on any atom is 0.407 e. The average Bonchev–Trinajstić information content (AvgIpc) is 4.06. The zero-order valence-electron chi connectivity index (χ0n) is 33.6. The predicted octanol–water partition coefficient (Wildman–Crippen LogP) is 6.70. The van der Waals surface area contributed by atoms with Crippen LogP contribution in [-0.4, -0.2) is 88.1 Å². The van der Waals surface area contributed by atoms with E-state index in [9.17, 15) is 19.2 Å². The van der Waals surface area contributed by atoms with Crippen LogP contribution in [0.25, 0.3) is 11.3 Å². The average molecular weight is 772 g/mol. The molecule has 4 amide bonds. The summed E-state index contributed by atoms with van der Waals surface area (Å²) in [7, 11) is 2.60. The highest BCUT2D eigenvalue weighted by Gasteiger charge is 2.52. The lowest BCUT2D eigenvalue weighted by Crippen LogP contribution is -2.51. The van der Waals surface area contributed by atoms with Gasteiger partial charge in [0.1, 0.15) is 30.2 Å². The number of oxazole rings is 1. The van der Waals surface area contributed by atoms with E-state index >= 15 is 0 Å². The Hall–Kier alpha value is -4.88. The van der Waals surface area contributed by atoms with Crippen molar-refractivity contribution in [1.29, 1.82) is 0 Å². The maximum atomic E-state index is 13.6. The number of aromatic nitrogens is 3. The zero-order valence-corrected chi connectivity index (χ0v) is 33.6. The molecule has 302 valence electrons. The molecule has 5 aliphatic rings. The molecule has 0 spiro atoms. The Balaban J connectivity index is 0.994. The van der Waals surface area contributed by atoms with Gasteiger partial charge in [-0.05, 0) is 92.6 Å². The summed E-state index contributed by atoms with van der Waals surface area (Å²) in [5.74, 6) is 0.884. The molecule has 2 aliphatic heterocycles. The molecule has 3 aromatic rings. The highest BCUT2D eigenvalue weighted by molar-refractivity contribution is 5.87. The monoisotopic (exact) mass is 771 g/mol. The van der Waals surface area contributed by atoms with Crippen molar-refractivity contribution in [2.75, 3.05) is 27.3 Å². The second-order valence-corrected chi connectivity index (χ2v) is 17.0. The number of hydrogen-bond acceptors (Lipinski definition) is 9. The van der Waals surface area contributed by atoms with Gasteiger partial charge in [-0.2, -0.15) is 0 Å². The molecular weight excluding hydrogens is 715 g/mol. The number of benzene rings is 1. The summed E-state index contributed by atoms with van der Waals surface area (Å²) in [6.07, 6.45) is 12.0. The number of rotatable bonds is 11. The lowest BCUT2D eigenvalue weighted by Gasteiger charge is -2.53. The van der Waals surface area contributed by atoms with E-state index < -0.39 is 24.3 Å². The summed E-state index contributed by atoms with van der Waals surface area (Å²) in [6.45, 7) is 8.85. The van der Waals surface area contributed by atoms with Gasteiger partial charge in [0.25, 0.3) is 0 Å². The Kier molecular flexibility index (Phi) is 11.2. The number of carbonyl (C=O) groups excluding carboxylic acids is 4. The highest BCUT2D eigenvalue weighted by Crippen LogP contribution is 2.58. The minimum atomic E-state index is -0.686. The smallest absolute Gasteiger partial charge is 0.407 e. The summed E-state index contributed by atoms with van der Waals surface area (Å²) in [4.78, 5) is 68.2. The topological polar surface area (TPSA) is 172 Å². The lowest BCUT2D eigenvalue weighted by molar-refractivity contribution is -0.136. The van der Waals surface area contributed by atoms with Crippen LogP contribution in [0.2, 0.25) is 0 Å². The van der Waals surface area contributed by atoms with Crippen molar-refractivity contribution in [1.82, 2.24) is 35.4 Å². The minimum Gasteiger partial charge on any atom is -0.453 e. The Bertz CT molecular complexity index is 1880. The van der Waals surface area contributed by atoms with Gasteiger partial charge in [-0.15, -0.1) is 0 Å². The van der Waals surface area contributed by atoms with Gasteiger partial charge in [-0.25, -0.2) is 19.6 Å². The van der Waals surface area contributed by atoms with E-state index in [0.29, 0.717) is 19.0 Å². The van der Waals surface area contributed by atoms with Crippen molar-refractivity contribution in [3.05, 3.63) is 59.7 Å². The number of likely N-dealkylation sites (tertiary alicyclic amines) is 2. The molecule has 4 atom stereocenters. The van der Waals surface area contributed by atoms with Crippen molar-refractivity contribution in [3.8, 4) is 11.3 Å². The Morgan fingerprint density at radius 1 is 0.786 bits per heavy atom. The number of aromatic amines is 1. The van der Waals surface area contributed by atoms with E-state index in [-0.39, 0.29) is 46.6 Å². The van der Waals surface area contributed by atoms with Crippen LogP contribution in [0.3, 0.4) is 0 Å². The van der Waals surface area contributed by atoms with Crippen LogP contribution in [0.15, 0.2) is 41.1 Å². The van der Waals surface area contributed by atoms with Crippen molar-refractivity contribution < 1.29 is 33.1 Å². The van der Waals surface area contributed by atoms with Gasteiger partial charge >= 0.3 is 12.2 Å². The van der Waals surface area contributed by atoms with Crippen LogP contribution in [0.1, 0.15) is 127 Å². The van der Waals surface area contributed by atoms with Gasteiger partial charge < -0.3 is 39.3 Å². The molecule has 2 saturated heterocycles. The summed E-state index contributed by atoms with van der Waals surface area (Å²) in [5.41, 5.74) is 4.40. The van der Waals surface area contributed by atoms with Crippen molar-refractivity contribution in [3.63, 3.8) is 0 Å². The van der Waals surface area contributed by atoms with Crippen LogP contribution in [0.4, 0.5) is 9.59 Å². The number of amides is 4. The molecule has 8 rings (SSSR count). The van der Waals surface area contributed by atoms with Crippen molar-refractivity contribution in [2.45, 2.75) is 127 Å². The Morgan fingerprint density at radius 3 is 1.84 bits per heavy atom. The number of methoxy groups -OCH3 is 2. The molecule has 5 fully saturated rings. The first-order chi connectivity index (χ1) is 26.9. The maximum absolute atomic E-state index is 13.6. The normalized spacial score (nSPS) is 25.7. The van der Waals surface area contributed by atoms with E-state index in [4.69, 9.17) is 23.9 Å². The number of H-pyrrole nitrogens is 1. The number of nitrogens with one attached hydrogen (secondary N) is 3. The molecule has 56 heavy (non-hydrogen) atoms. The minimum absolute atomic E-state index is 0.0316. The van der Waals surface area contributed by atoms with Crippen molar-refractivity contribution in [2.24, 2.45) is 11.8 Å². The fraction of sp³-hybridized carbons (Fsp3) is 0.619. The standard InChI is InChI=1S/C42H57N7O7/c1-25(2)33(46-39(52)54-5)37(50)48-21-7-9-30(48)35-43-23-29(44-35)27-11-13-28(14-12-27)41-15-18-42(19-16-41,20-17-41)32-24-56-36(45-32)31-10-8-22-49(31)38(51)34(26(3)4)47-40(53)55-6/h11-14,23-26,30-31,33-34H,7-10,15-22H2,1-6H3,(H,43,44)(H,46,52)(H,47,53)/t30-,31-,33-,34-,41?,42?/m0/s1. The molecule has 0 radical (unpaired) electrons. The second kappa shape index (κ2) is 15.9. The molecule has 2 aromatic heterocycles. The summed E-state index contributed by atoms with van der Waals surface area (Å²) in [5, 5.41) is 5.43. The van der Waals surface area contributed by atoms with E-state index in [1.807, 2.05) is 50.0 Å². The Labute approximate surface area is 328 Å². The SMILES string of the molecule is COC(=O)N[C@H](C(=O)N1CCC[C@H]1c1ncc(-c2ccc(C34CCC(c5coc([C@@H]6CCCN6C(=O)[C@@H](NC(=O)OC)C(C)C)n5)(CC3)CC4)cc2)[nH]1)C(C)C. The first-order valence-corrected chi connectivity index (χ1v) is 20.3. The first-order valence-electron chi connectivity index (χ1n) is 20.3. The predicted molar refractivity (Wildman–Crippen MR) is 207 cm³/mol. The molecule has 14 nitrogen and oxygen atoms in total. The van der Waals surface area contributed by atoms with Gasteiger partial charge in [0.15, 0.2) is 0 Å². The number of imidazole rings is 1. The third-order valence-corrected chi connectivity index (χ3v) is 13.2. The van der Waals surface area contributed by atoms with Crippen LogP contribution >= 0.6 is 0 Å². The fourth-order valence-electron chi connectivity index (χ4n) is 9.70. The molecule has 3 N–H and O–H groups in total. The number of hydrogen-bond donors (Lipinski definition) is 3. The summed E-state index contributed by atoms with van der Waals surface area (Å²) < 4.78 is 15.7. The summed E-state index contributed by atoms with van der Waals surface area (Å²) >= 11 is 0. The largest absolute Gasteiger partial charge is 0.453 e. The van der Waals surface area contributed by atoms with Gasteiger partial charge in [0.2, 0.25) is 17.7 Å². The van der Waals surface area contributed by atoms with Crippen LogP contribution < -0.4 is 10.6 Å². The molecule has 14 heteroatoms. The van der Waals surface area contributed by atoms with E-state index in [1.165, 1.54) is 19.8 Å². The van der Waals surface area contributed by atoms with Crippen LogP contribution in [0.5, 0.6) is 0 Å². The summed E-state index contributed by atoms with van der Waals surface area (Å²) in [6, 6.07) is 7.08. The zero-order chi connectivity index (χ0) is 39.8. The molecule has 2 bridgehead atoms. The van der Waals surface area contributed by atoms with Gasteiger partial charge in [-0.1, -0.05) is 52.0 Å². The number of ether oxygens (including phenoxy) is 2. The lowest BCUT2D eigenvalue weighted by atomic mass is 9.51. The fourth-order valence-corrected chi connectivity index (χ4v) is 9.70. The van der Waals surface area contributed by atoms with Crippen molar-refractivity contribution >= 4 is 24.0 Å². The molecule has 4 heterocycles. The molecule has 3 aliphatic carbocycles. The first kappa shape index (κ1) is 39.4. The highest BCUT2D eigenvalue weighted by atomic mass is 16.5. The van der Waals surface area contributed by atoms with E-state index in [1.54, 1.807) is 0 Å². The number of carbonyl (C=O) groups is 4. The third-order valence-electron chi connectivity index (χ3n) is 13.2. The quantitative estimate of drug-likeness (QED) is 0.192. The number of fused-ring (bicyclic) bond motifs is 3.